The molecule has 0 atom stereocenters. The Morgan fingerprint density at radius 2 is 1.91 bits per heavy atom. The highest BCUT2D eigenvalue weighted by Crippen LogP contribution is 2.28. The van der Waals surface area contributed by atoms with Crippen LogP contribution in [0.2, 0.25) is 0 Å². The van der Waals surface area contributed by atoms with E-state index in [1.165, 1.54) is 0 Å². The summed E-state index contributed by atoms with van der Waals surface area (Å²) in [7, 11) is 1.68. The number of carbonyl (C=O) groups is 1. The molecule has 2 heterocycles. The highest BCUT2D eigenvalue weighted by molar-refractivity contribution is 5.91. The molecule has 1 aliphatic heterocycles. The van der Waals surface area contributed by atoms with Crippen molar-refractivity contribution in [3.05, 3.63) is 47.9 Å². The molecule has 0 bridgehead atoms. The summed E-state index contributed by atoms with van der Waals surface area (Å²) in [4.78, 5) is 16.5. The Morgan fingerprint density at radius 3 is 2.55 bits per heavy atom. The molecule has 0 radical (unpaired) electrons. The van der Waals surface area contributed by atoms with Gasteiger partial charge in [-0.1, -0.05) is 12.1 Å². The number of hydrogen-bond donors (Lipinski definition) is 0. The molecule has 0 saturated carbocycles. The van der Waals surface area contributed by atoms with Crippen molar-refractivity contribution < 1.29 is 13.9 Å². The smallest absolute Gasteiger partial charge is 0.289 e. The van der Waals surface area contributed by atoms with E-state index in [-0.39, 0.29) is 5.91 Å². The van der Waals surface area contributed by atoms with E-state index >= 15 is 0 Å². The van der Waals surface area contributed by atoms with E-state index in [0.29, 0.717) is 18.8 Å². The fourth-order valence-electron chi connectivity index (χ4n) is 2.74. The van der Waals surface area contributed by atoms with Crippen molar-refractivity contribution in [3.8, 4) is 5.75 Å². The van der Waals surface area contributed by atoms with Crippen molar-refractivity contribution in [3.63, 3.8) is 0 Å². The van der Waals surface area contributed by atoms with E-state index in [9.17, 15) is 4.79 Å². The second-order valence-electron chi connectivity index (χ2n) is 5.44. The Morgan fingerprint density at radius 1 is 1.18 bits per heavy atom. The first-order valence-electron chi connectivity index (χ1n) is 7.41. The number of para-hydroxylation sites is 2. The predicted octanol–water partition coefficient (Wildman–Crippen LogP) is 2.56. The lowest BCUT2D eigenvalue weighted by atomic mass is 10.2. The van der Waals surface area contributed by atoms with E-state index < -0.39 is 0 Å². The van der Waals surface area contributed by atoms with Gasteiger partial charge in [0.05, 0.1) is 19.1 Å². The van der Waals surface area contributed by atoms with Crippen LogP contribution in [0.5, 0.6) is 5.75 Å². The first-order chi connectivity index (χ1) is 10.7. The summed E-state index contributed by atoms with van der Waals surface area (Å²) >= 11 is 0. The number of amides is 1. The van der Waals surface area contributed by atoms with Crippen LogP contribution in [0.15, 0.2) is 41.0 Å². The van der Waals surface area contributed by atoms with Crippen LogP contribution in [-0.2, 0) is 0 Å². The second-order valence-corrected chi connectivity index (χ2v) is 5.44. The average molecular weight is 300 g/mol. The molecule has 0 N–H and O–H groups in total. The summed E-state index contributed by atoms with van der Waals surface area (Å²) in [6.07, 6.45) is 1.61. The molecule has 0 spiro atoms. The third-order valence-corrected chi connectivity index (χ3v) is 3.93. The summed E-state index contributed by atoms with van der Waals surface area (Å²) in [5.41, 5.74) is 2.04. The highest BCUT2D eigenvalue weighted by atomic mass is 16.5. The molecule has 1 saturated heterocycles. The van der Waals surface area contributed by atoms with Gasteiger partial charge in [-0.25, -0.2) is 0 Å². The number of ether oxygens (including phenoxy) is 1. The van der Waals surface area contributed by atoms with Crippen molar-refractivity contribution in [2.24, 2.45) is 0 Å². The Bertz CT molecular complexity index is 657. The number of furan rings is 1. The normalized spacial score (nSPS) is 15.0. The van der Waals surface area contributed by atoms with Gasteiger partial charge < -0.3 is 19.0 Å². The summed E-state index contributed by atoms with van der Waals surface area (Å²) in [5, 5.41) is 0. The van der Waals surface area contributed by atoms with Gasteiger partial charge in [0.25, 0.3) is 5.91 Å². The molecule has 1 aromatic carbocycles. The molecule has 2 aromatic rings. The summed E-state index contributed by atoms with van der Waals surface area (Å²) in [5.74, 6) is 1.25. The highest BCUT2D eigenvalue weighted by Gasteiger charge is 2.25. The third kappa shape index (κ3) is 2.79. The van der Waals surface area contributed by atoms with Gasteiger partial charge in [0.1, 0.15) is 5.75 Å². The van der Waals surface area contributed by atoms with Crippen LogP contribution in [0, 0.1) is 6.92 Å². The van der Waals surface area contributed by atoms with Crippen LogP contribution in [-0.4, -0.2) is 44.1 Å². The third-order valence-electron chi connectivity index (χ3n) is 3.93. The molecule has 116 valence electrons. The first kappa shape index (κ1) is 14.5. The van der Waals surface area contributed by atoms with Gasteiger partial charge >= 0.3 is 0 Å². The first-order valence-corrected chi connectivity index (χ1v) is 7.41. The quantitative estimate of drug-likeness (QED) is 0.874. The van der Waals surface area contributed by atoms with Crippen LogP contribution in [0.4, 0.5) is 5.69 Å². The van der Waals surface area contributed by atoms with Crippen molar-refractivity contribution in [1.29, 1.82) is 0 Å². The zero-order valence-electron chi connectivity index (χ0n) is 12.9. The fourth-order valence-corrected chi connectivity index (χ4v) is 2.74. The molecule has 1 aromatic heterocycles. The van der Waals surface area contributed by atoms with Gasteiger partial charge in [-0.05, 0) is 30.7 Å². The summed E-state index contributed by atoms with van der Waals surface area (Å²) in [6, 6.07) is 9.75. The minimum absolute atomic E-state index is 0.0345. The monoisotopic (exact) mass is 300 g/mol. The number of hydrogen-bond acceptors (Lipinski definition) is 4. The van der Waals surface area contributed by atoms with Crippen molar-refractivity contribution in [2.45, 2.75) is 6.92 Å². The molecule has 0 unspecified atom stereocenters. The largest absolute Gasteiger partial charge is 0.495 e. The number of piperazine rings is 1. The molecule has 22 heavy (non-hydrogen) atoms. The van der Waals surface area contributed by atoms with E-state index in [2.05, 4.69) is 4.90 Å². The Kier molecular flexibility index (Phi) is 4.04. The average Bonchev–Trinajstić information content (AvgIpc) is 3.01. The predicted molar refractivity (Wildman–Crippen MR) is 84.6 cm³/mol. The maximum absolute atomic E-state index is 12.4. The number of methoxy groups -OCH3 is 1. The molecule has 5 heteroatoms. The van der Waals surface area contributed by atoms with Crippen molar-refractivity contribution in [1.82, 2.24) is 4.90 Å². The van der Waals surface area contributed by atoms with E-state index in [1.807, 2.05) is 36.1 Å². The maximum Gasteiger partial charge on any atom is 0.289 e. The zero-order chi connectivity index (χ0) is 15.5. The Balaban J connectivity index is 1.66. The minimum Gasteiger partial charge on any atom is -0.495 e. The van der Waals surface area contributed by atoms with Crippen LogP contribution < -0.4 is 9.64 Å². The van der Waals surface area contributed by atoms with E-state index in [0.717, 1.165) is 30.1 Å². The number of aryl methyl sites for hydroxylation is 1. The lowest BCUT2D eigenvalue weighted by Crippen LogP contribution is -2.48. The lowest BCUT2D eigenvalue weighted by Gasteiger charge is -2.36. The lowest BCUT2D eigenvalue weighted by molar-refractivity contribution is 0.0714. The van der Waals surface area contributed by atoms with E-state index in [1.54, 1.807) is 19.4 Å². The van der Waals surface area contributed by atoms with Gasteiger partial charge in [-0.3, -0.25) is 4.79 Å². The Labute approximate surface area is 130 Å². The van der Waals surface area contributed by atoms with Gasteiger partial charge in [0, 0.05) is 26.2 Å². The minimum atomic E-state index is -0.0345. The SMILES string of the molecule is COc1ccccc1N1CCN(C(=O)c2cc(C)co2)CC1. The number of anilines is 1. The standard InChI is InChI=1S/C17H20N2O3/c1-13-11-16(22-12-13)17(20)19-9-7-18(8-10-19)14-5-3-4-6-15(14)21-2/h3-6,11-12H,7-10H2,1-2H3. The van der Waals surface area contributed by atoms with Crippen LogP contribution in [0.3, 0.4) is 0 Å². The number of carbonyl (C=O) groups excluding carboxylic acids is 1. The zero-order valence-corrected chi connectivity index (χ0v) is 12.9. The molecule has 3 rings (SSSR count). The van der Waals surface area contributed by atoms with Crippen LogP contribution in [0.1, 0.15) is 16.1 Å². The number of benzene rings is 1. The van der Waals surface area contributed by atoms with Crippen molar-refractivity contribution >= 4 is 11.6 Å². The van der Waals surface area contributed by atoms with E-state index in [4.69, 9.17) is 9.15 Å². The molecule has 1 fully saturated rings. The molecule has 1 amide bonds. The molecular weight excluding hydrogens is 280 g/mol. The maximum atomic E-state index is 12.4. The van der Waals surface area contributed by atoms with Gasteiger partial charge in [-0.15, -0.1) is 0 Å². The number of rotatable bonds is 3. The Hall–Kier alpha value is -2.43. The molecular formula is C17H20N2O3. The van der Waals surface area contributed by atoms with Gasteiger partial charge in [0.15, 0.2) is 5.76 Å². The molecule has 5 nitrogen and oxygen atoms in total. The second kappa shape index (κ2) is 6.13. The fraction of sp³-hybridized carbons (Fsp3) is 0.353. The van der Waals surface area contributed by atoms with Crippen LogP contribution in [0.25, 0.3) is 0 Å². The molecule has 1 aliphatic rings. The number of nitrogens with zero attached hydrogens (tertiary/aromatic N) is 2. The topological polar surface area (TPSA) is 45.9 Å². The van der Waals surface area contributed by atoms with Gasteiger partial charge in [-0.2, -0.15) is 0 Å². The van der Waals surface area contributed by atoms with Crippen LogP contribution >= 0.6 is 0 Å². The van der Waals surface area contributed by atoms with Gasteiger partial charge in [0.2, 0.25) is 0 Å². The summed E-state index contributed by atoms with van der Waals surface area (Å²) < 4.78 is 10.7. The van der Waals surface area contributed by atoms with Crippen molar-refractivity contribution in [2.75, 3.05) is 38.2 Å². The summed E-state index contributed by atoms with van der Waals surface area (Å²) in [6.45, 7) is 4.84. The molecule has 0 aliphatic carbocycles.